The van der Waals surface area contributed by atoms with Crippen LogP contribution in [0.25, 0.3) is 0 Å². The van der Waals surface area contributed by atoms with Crippen LogP contribution in [0.5, 0.6) is 0 Å². The Morgan fingerprint density at radius 1 is 1.24 bits per heavy atom. The third kappa shape index (κ3) is 2.63. The number of pyridine rings is 1. The molecule has 5 nitrogen and oxygen atoms in total. The van der Waals surface area contributed by atoms with E-state index in [0.29, 0.717) is 19.4 Å². The SMILES string of the molecule is O=C(O)c1ccc2c(c1)CCC(=O)N2Cc1ccccn1. The van der Waals surface area contributed by atoms with Crippen molar-refractivity contribution >= 4 is 17.6 Å². The maximum absolute atomic E-state index is 12.2. The summed E-state index contributed by atoms with van der Waals surface area (Å²) in [6, 6.07) is 10.5. The molecule has 0 radical (unpaired) electrons. The van der Waals surface area contributed by atoms with Gasteiger partial charge in [-0.15, -0.1) is 0 Å². The fourth-order valence-corrected chi connectivity index (χ4v) is 2.52. The molecule has 0 bridgehead atoms. The molecule has 1 amide bonds. The van der Waals surface area contributed by atoms with Gasteiger partial charge in [-0.25, -0.2) is 4.79 Å². The Morgan fingerprint density at radius 3 is 2.81 bits per heavy atom. The summed E-state index contributed by atoms with van der Waals surface area (Å²) in [5.41, 5.74) is 2.73. The van der Waals surface area contributed by atoms with Gasteiger partial charge in [0.25, 0.3) is 0 Å². The topological polar surface area (TPSA) is 70.5 Å². The van der Waals surface area contributed by atoms with Gasteiger partial charge in [0.1, 0.15) is 0 Å². The number of carbonyl (C=O) groups excluding carboxylic acids is 1. The van der Waals surface area contributed by atoms with Crippen LogP contribution in [-0.4, -0.2) is 22.0 Å². The van der Waals surface area contributed by atoms with E-state index in [9.17, 15) is 9.59 Å². The number of carboxylic acid groups (broad SMARTS) is 1. The van der Waals surface area contributed by atoms with Crippen molar-refractivity contribution in [2.45, 2.75) is 19.4 Å². The van der Waals surface area contributed by atoms with Crippen LogP contribution in [0.1, 0.15) is 28.0 Å². The van der Waals surface area contributed by atoms with Gasteiger partial charge in [-0.3, -0.25) is 9.78 Å². The minimum atomic E-state index is -0.953. The molecule has 1 N–H and O–H groups in total. The van der Waals surface area contributed by atoms with Crippen LogP contribution < -0.4 is 4.90 Å². The van der Waals surface area contributed by atoms with E-state index in [4.69, 9.17) is 5.11 Å². The molecule has 0 unspecified atom stereocenters. The van der Waals surface area contributed by atoms with Crippen molar-refractivity contribution in [3.63, 3.8) is 0 Å². The molecule has 0 saturated carbocycles. The fourth-order valence-electron chi connectivity index (χ4n) is 2.52. The van der Waals surface area contributed by atoms with E-state index < -0.39 is 5.97 Å². The van der Waals surface area contributed by atoms with Crippen LogP contribution in [0.3, 0.4) is 0 Å². The zero-order valence-electron chi connectivity index (χ0n) is 11.3. The molecule has 3 rings (SSSR count). The van der Waals surface area contributed by atoms with Gasteiger partial charge < -0.3 is 10.0 Å². The lowest BCUT2D eigenvalue weighted by molar-refractivity contribution is -0.119. The molecular weight excluding hydrogens is 268 g/mol. The Balaban J connectivity index is 1.95. The number of nitrogens with zero attached hydrogens (tertiary/aromatic N) is 2. The molecule has 2 aromatic rings. The molecule has 5 heteroatoms. The summed E-state index contributed by atoms with van der Waals surface area (Å²) in [7, 11) is 0. The van der Waals surface area contributed by atoms with E-state index in [1.807, 2.05) is 18.2 Å². The number of rotatable bonds is 3. The number of aryl methyl sites for hydroxylation is 1. The van der Waals surface area contributed by atoms with Crippen molar-refractivity contribution in [3.05, 3.63) is 59.4 Å². The lowest BCUT2D eigenvalue weighted by atomic mass is 9.98. The lowest BCUT2D eigenvalue weighted by Gasteiger charge is -2.29. The average Bonchev–Trinajstić information content (AvgIpc) is 2.50. The number of fused-ring (bicyclic) bond motifs is 1. The second-order valence-electron chi connectivity index (χ2n) is 4.95. The highest BCUT2D eigenvalue weighted by atomic mass is 16.4. The summed E-state index contributed by atoms with van der Waals surface area (Å²) in [6.45, 7) is 0.402. The zero-order chi connectivity index (χ0) is 14.8. The van der Waals surface area contributed by atoms with Crippen LogP contribution in [0.15, 0.2) is 42.6 Å². The van der Waals surface area contributed by atoms with Crippen molar-refractivity contribution < 1.29 is 14.7 Å². The third-order valence-corrected chi connectivity index (χ3v) is 3.57. The second-order valence-corrected chi connectivity index (χ2v) is 4.95. The number of hydrogen-bond acceptors (Lipinski definition) is 3. The highest BCUT2D eigenvalue weighted by Gasteiger charge is 2.25. The summed E-state index contributed by atoms with van der Waals surface area (Å²) in [5.74, 6) is -0.915. The summed E-state index contributed by atoms with van der Waals surface area (Å²) < 4.78 is 0. The maximum Gasteiger partial charge on any atom is 0.335 e. The van der Waals surface area contributed by atoms with Crippen LogP contribution in [-0.2, 0) is 17.8 Å². The van der Waals surface area contributed by atoms with E-state index >= 15 is 0 Å². The molecule has 0 spiro atoms. The van der Waals surface area contributed by atoms with Crippen molar-refractivity contribution in [2.24, 2.45) is 0 Å². The van der Waals surface area contributed by atoms with Crippen molar-refractivity contribution in [1.82, 2.24) is 4.98 Å². The number of anilines is 1. The summed E-state index contributed by atoms with van der Waals surface area (Å²) in [5, 5.41) is 9.05. The molecule has 1 aliphatic heterocycles. The van der Waals surface area contributed by atoms with Gasteiger partial charge in [-0.05, 0) is 42.3 Å². The summed E-state index contributed by atoms with van der Waals surface area (Å²) >= 11 is 0. The van der Waals surface area contributed by atoms with Gasteiger partial charge in [-0.1, -0.05) is 6.07 Å². The van der Waals surface area contributed by atoms with Gasteiger partial charge in [0, 0.05) is 18.3 Å². The molecule has 1 aliphatic rings. The third-order valence-electron chi connectivity index (χ3n) is 3.57. The average molecular weight is 282 g/mol. The van der Waals surface area contributed by atoms with E-state index in [0.717, 1.165) is 16.9 Å². The number of carbonyl (C=O) groups is 2. The molecule has 21 heavy (non-hydrogen) atoms. The molecular formula is C16H14N2O3. The van der Waals surface area contributed by atoms with Gasteiger partial charge in [-0.2, -0.15) is 0 Å². The minimum Gasteiger partial charge on any atom is -0.478 e. The van der Waals surface area contributed by atoms with E-state index in [-0.39, 0.29) is 11.5 Å². The van der Waals surface area contributed by atoms with E-state index in [2.05, 4.69) is 4.98 Å². The van der Waals surface area contributed by atoms with Crippen LogP contribution in [0, 0.1) is 0 Å². The number of carboxylic acids is 1. The van der Waals surface area contributed by atoms with Gasteiger partial charge >= 0.3 is 5.97 Å². The Labute approximate surface area is 121 Å². The van der Waals surface area contributed by atoms with Crippen molar-refractivity contribution in [2.75, 3.05) is 4.90 Å². The first kappa shape index (κ1) is 13.3. The smallest absolute Gasteiger partial charge is 0.335 e. The van der Waals surface area contributed by atoms with E-state index in [1.165, 1.54) is 6.07 Å². The lowest BCUT2D eigenvalue weighted by Crippen LogP contribution is -2.34. The van der Waals surface area contributed by atoms with Crippen LogP contribution in [0.2, 0.25) is 0 Å². The molecule has 2 heterocycles. The molecule has 0 saturated heterocycles. The number of hydrogen-bond donors (Lipinski definition) is 1. The highest BCUT2D eigenvalue weighted by Crippen LogP contribution is 2.29. The van der Waals surface area contributed by atoms with Gasteiger partial charge in [0.2, 0.25) is 5.91 Å². The van der Waals surface area contributed by atoms with E-state index in [1.54, 1.807) is 23.2 Å². The van der Waals surface area contributed by atoms with Crippen LogP contribution >= 0.6 is 0 Å². The predicted octanol–water partition coefficient (Wildman–Crippen LogP) is 2.26. The standard InChI is InChI=1S/C16H14N2O3/c19-15-7-5-11-9-12(16(20)21)4-6-14(11)18(15)10-13-3-1-2-8-17-13/h1-4,6,8-9H,5,7,10H2,(H,20,21). The van der Waals surface area contributed by atoms with Gasteiger partial charge in [0.05, 0.1) is 17.8 Å². The molecule has 0 aliphatic carbocycles. The molecule has 0 fully saturated rings. The largest absolute Gasteiger partial charge is 0.478 e. The number of aromatic carboxylic acids is 1. The number of amides is 1. The summed E-state index contributed by atoms with van der Waals surface area (Å²) in [6.07, 6.45) is 2.66. The first-order valence-corrected chi connectivity index (χ1v) is 6.71. The predicted molar refractivity (Wildman–Crippen MR) is 77.1 cm³/mol. The number of benzene rings is 1. The van der Waals surface area contributed by atoms with Crippen molar-refractivity contribution in [3.8, 4) is 0 Å². The monoisotopic (exact) mass is 282 g/mol. The normalized spacial score (nSPS) is 13.9. The Kier molecular flexibility index (Phi) is 3.39. The van der Waals surface area contributed by atoms with Crippen LogP contribution in [0.4, 0.5) is 5.69 Å². The van der Waals surface area contributed by atoms with Gasteiger partial charge in [0.15, 0.2) is 0 Å². The molecule has 0 atom stereocenters. The molecule has 106 valence electrons. The fraction of sp³-hybridized carbons (Fsp3) is 0.188. The Bertz CT molecular complexity index is 698. The zero-order valence-corrected chi connectivity index (χ0v) is 11.3. The Hall–Kier alpha value is -2.69. The summed E-state index contributed by atoms with van der Waals surface area (Å²) in [4.78, 5) is 29.1. The first-order chi connectivity index (χ1) is 10.1. The number of aromatic nitrogens is 1. The second kappa shape index (κ2) is 5.36. The quantitative estimate of drug-likeness (QED) is 0.937. The molecule has 1 aromatic heterocycles. The highest BCUT2D eigenvalue weighted by molar-refractivity contribution is 5.97. The molecule has 1 aromatic carbocycles. The first-order valence-electron chi connectivity index (χ1n) is 6.71. The maximum atomic E-state index is 12.2. The minimum absolute atomic E-state index is 0.0382. The Morgan fingerprint density at radius 2 is 2.10 bits per heavy atom. The van der Waals surface area contributed by atoms with Crippen molar-refractivity contribution in [1.29, 1.82) is 0 Å².